The molecule has 3 rings (SSSR count). The minimum atomic E-state index is -0.956. The van der Waals surface area contributed by atoms with Crippen molar-refractivity contribution in [3.8, 4) is 0 Å². The van der Waals surface area contributed by atoms with Crippen molar-refractivity contribution in [1.29, 1.82) is 0 Å². The Balaban J connectivity index is 1.54. The van der Waals surface area contributed by atoms with Crippen LogP contribution in [0.25, 0.3) is 0 Å². The van der Waals surface area contributed by atoms with E-state index in [1.165, 1.54) is 18.4 Å². The van der Waals surface area contributed by atoms with E-state index in [0.717, 1.165) is 19.3 Å². The normalized spacial score (nSPS) is 33.8. The SMILES string of the molecule is O=C(O)[C@@H]1[C@@H](C(=O)NCCC2=CCCCC2)[C@@H]2C=C[C@@H]1O2. The van der Waals surface area contributed by atoms with Crippen LogP contribution in [0.3, 0.4) is 0 Å². The number of amides is 1. The van der Waals surface area contributed by atoms with Gasteiger partial charge in [0.2, 0.25) is 5.91 Å². The third kappa shape index (κ3) is 2.88. The lowest BCUT2D eigenvalue weighted by Gasteiger charge is -2.21. The number of carbonyl (C=O) groups is 2. The number of fused-ring (bicyclic) bond motifs is 2. The van der Waals surface area contributed by atoms with Crippen molar-refractivity contribution < 1.29 is 19.4 Å². The molecular formula is C16H21NO4. The van der Waals surface area contributed by atoms with Gasteiger partial charge in [0.25, 0.3) is 0 Å². The molecule has 2 N–H and O–H groups in total. The van der Waals surface area contributed by atoms with E-state index < -0.39 is 23.9 Å². The molecule has 1 amide bonds. The quantitative estimate of drug-likeness (QED) is 0.755. The van der Waals surface area contributed by atoms with Crippen LogP contribution < -0.4 is 5.32 Å². The lowest BCUT2D eigenvalue weighted by atomic mass is 9.82. The van der Waals surface area contributed by atoms with E-state index in [-0.39, 0.29) is 12.0 Å². The molecule has 1 saturated heterocycles. The van der Waals surface area contributed by atoms with Gasteiger partial charge in [-0.15, -0.1) is 0 Å². The number of carbonyl (C=O) groups excluding carboxylic acids is 1. The van der Waals surface area contributed by atoms with E-state index >= 15 is 0 Å². The standard InChI is InChI=1S/C16H21NO4/c18-15(17-9-8-10-4-2-1-3-5-10)13-11-6-7-12(21-11)14(13)16(19)20/h4,6-7,11-14H,1-3,5,8-9H2,(H,17,18)(H,19,20)/t11-,12-,13-,14-/m0/s1. The molecular weight excluding hydrogens is 270 g/mol. The summed E-state index contributed by atoms with van der Waals surface area (Å²) in [6.45, 7) is 0.578. The van der Waals surface area contributed by atoms with Crippen LogP contribution in [0, 0.1) is 11.8 Å². The number of aliphatic carboxylic acids is 1. The molecule has 0 aromatic carbocycles. The van der Waals surface area contributed by atoms with Crippen LogP contribution in [0.15, 0.2) is 23.8 Å². The van der Waals surface area contributed by atoms with E-state index in [9.17, 15) is 14.7 Å². The second kappa shape index (κ2) is 6.02. The first kappa shape index (κ1) is 14.3. The lowest BCUT2D eigenvalue weighted by Crippen LogP contribution is -2.42. The van der Waals surface area contributed by atoms with Gasteiger partial charge in [0.1, 0.15) is 5.92 Å². The summed E-state index contributed by atoms with van der Waals surface area (Å²) in [6, 6.07) is 0. The topological polar surface area (TPSA) is 75.6 Å². The van der Waals surface area contributed by atoms with Crippen LogP contribution in [0.1, 0.15) is 32.1 Å². The highest BCUT2D eigenvalue weighted by atomic mass is 16.5. The first-order valence-electron chi connectivity index (χ1n) is 7.69. The Labute approximate surface area is 124 Å². The Morgan fingerprint density at radius 3 is 2.67 bits per heavy atom. The van der Waals surface area contributed by atoms with E-state index in [1.807, 2.05) is 0 Å². The summed E-state index contributed by atoms with van der Waals surface area (Å²) in [5, 5.41) is 12.2. The molecule has 5 heteroatoms. The fourth-order valence-electron chi connectivity index (χ4n) is 3.51. The Morgan fingerprint density at radius 2 is 2.00 bits per heavy atom. The minimum absolute atomic E-state index is 0.198. The molecule has 1 aliphatic carbocycles. The molecule has 5 nitrogen and oxygen atoms in total. The van der Waals surface area contributed by atoms with Gasteiger partial charge in [0.15, 0.2) is 0 Å². The zero-order chi connectivity index (χ0) is 14.8. The fourth-order valence-corrected chi connectivity index (χ4v) is 3.51. The molecule has 1 fully saturated rings. The van der Waals surface area contributed by atoms with Gasteiger partial charge in [0.05, 0.1) is 18.1 Å². The summed E-state index contributed by atoms with van der Waals surface area (Å²) in [4.78, 5) is 23.6. The maximum Gasteiger partial charge on any atom is 0.310 e. The zero-order valence-corrected chi connectivity index (χ0v) is 12.0. The molecule has 0 unspecified atom stereocenters. The van der Waals surface area contributed by atoms with Gasteiger partial charge < -0.3 is 15.2 Å². The van der Waals surface area contributed by atoms with Gasteiger partial charge in [-0.1, -0.05) is 23.8 Å². The van der Waals surface area contributed by atoms with Gasteiger partial charge >= 0.3 is 5.97 Å². The van der Waals surface area contributed by atoms with Gasteiger partial charge in [0, 0.05) is 6.54 Å². The second-order valence-electron chi connectivity index (χ2n) is 5.99. The van der Waals surface area contributed by atoms with Crippen molar-refractivity contribution in [2.75, 3.05) is 6.54 Å². The van der Waals surface area contributed by atoms with Crippen molar-refractivity contribution in [2.24, 2.45) is 11.8 Å². The molecule has 4 atom stereocenters. The number of carboxylic acids is 1. The van der Waals surface area contributed by atoms with Crippen LogP contribution in [0.4, 0.5) is 0 Å². The number of carboxylic acid groups (broad SMARTS) is 1. The van der Waals surface area contributed by atoms with Crippen molar-refractivity contribution in [2.45, 2.75) is 44.3 Å². The predicted octanol–water partition coefficient (Wildman–Crippen LogP) is 1.65. The van der Waals surface area contributed by atoms with Crippen molar-refractivity contribution in [3.63, 3.8) is 0 Å². The Bertz CT molecular complexity index is 497. The maximum absolute atomic E-state index is 12.3. The molecule has 0 spiro atoms. The monoisotopic (exact) mass is 291 g/mol. The Kier molecular flexibility index (Phi) is 4.10. The van der Waals surface area contributed by atoms with Gasteiger partial charge in [-0.25, -0.2) is 0 Å². The molecule has 114 valence electrons. The maximum atomic E-state index is 12.3. The van der Waals surface area contributed by atoms with Crippen LogP contribution in [0.2, 0.25) is 0 Å². The first-order valence-corrected chi connectivity index (χ1v) is 7.69. The number of hydrogen-bond acceptors (Lipinski definition) is 3. The van der Waals surface area contributed by atoms with E-state index in [4.69, 9.17) is 4.74 Å². The average Bonchev–Trinajstić information content (AvgIpc) is 3.08. The second-order valence-corrected chi connectivity index (χ2v) is 5.99. The van der Waals surface area contributed by atoms with Gasteiger partial charge in [-0.05, 0) is 32.1 Å². The molecule has 0 aromatic rings. The lowest BCUT2D eigenvalue weighted by molar-refractivity contribution is -0.146. The largest absolute Gasteiger partial charge is 0.481 e. The molecule has 0 saturated carbocycles. The minimum Gasteiger partial charge on any atom is -0.481 e. The number of allylic oxidation sites excluding steroid dienone is 1. The Morgan fingerprint density at radius 1 is 1.24 bits per heavy atom. The third-order valence-electron chi connectivity index (χ3n) is 4.62. The molecule has 0 aromatic heterocycles. The van der Waals surface area contributed by atoms with Crippen LogP contribution in [0.5, 0.6) is 0 Å². The molecule has 2 aliphatic heterocycles. The predicted molar refractivity (Wildman–Crippen MR) is 76.6 cm³/mol. The summed E-state index contributed by atoms with van der Waals surface area (Å²) in [6.07, 6.45) is 10.6. The van der Waals surface area contributed by atoms with Crippen molar-refractivity contribution >= 4 is 11.9 Å². The number of nitrogens with one attached hydrogen (secondary N) is 1. The summed E-state index contributed by atoms with van der Waals surface area (Å²) >= 11 is 0. The fraction of sp³-hybridized carbons (Fsp3) is 0.625. The molecule has 2 heterocycles. The van der Waals surface area contributed by atoms with Crippen molar-refractivity contribution in [3.05, 3.63) is 23.8 Å². The summed E-state index contributed by atoms with van der Waals surface area (Å²) < 4.78 is 5.51. The van der Waals surface area contributed by atoms with E-state index in [0.29, 0.717) is 6.54 Å². The van der Waals surface area contributed by atoms with Crippen LogP contribution in [-0.4, -0.2) is 35.7 Å². The summed E-state index contributed by atoms with van der Waals surface area (Å²) in [7, 11) is 0. The highest BCUT2D eigenvalue weighted by molar-refractivity contribution is 5.87. The smallest absolute Gasteiger partial charge is 0.310 e. The van der Waals surface area contributed by atoms with Crippen molar-refractivity contribution in [1.82, 2.24) is 5.32 Å². The number of hydrogen-bond donors (Lipinski definition) is 2. The average molecular weight is 291 g/mol. The number of ether oxygens (including phenoxy) is 1. The first-order chi connectivity index (χ1) is 10.2. The van der Waals surface area contributed by atoms with E-state index in [1.54, 1.807) is 12.2 Å². The van der Waals surface area contributed by atoms with Crippen LogP contribution >= 0.6 is 0 Å². The summed E-state index contributed by atoms with van der Waals surface area (Å²) in [5.74, 6) is -2.51. The van der Waals surface area contributed by atoms with E-state index in [2.05, 4.69) is 11.4 Å². The highest BCUT2D eigenvalue weighted by Crippen LogP contribution is 2.39. The summed E-state index contributed by atoms with van der Waals surface area (Å²) in [5.41, 5.74) is 1.40. The van der Waals surface area contributed by atoms with Gasteiger partial charge in [-0.2, -0.15) is 0 Å². The van der Waals surface area contributed by atoms with Crippen LogP contribution in [-0.2, 0) is 14.3 Å². The molecule has 2 bridgehead atoms. The Hall–Kier alpha value is -1.62. The van der Waals surface area contributed by atoms with Gasteiger partial charge in [-0.3, -0.25) is 9.59 Å². The zero-order valence-electron chi connectivity index (χ0n) is 12.0. The third-order valence-corrected chi connectivity index (χ3v) is 4.62. The molecule has 0 radical (unpaired) electrons. The molecule has 21 heavy (non-hydrogen) atoms. The molecule has 3 aliphatic rings. The highest BCUT2D eigenvalue weighted by Gasteiger charge is 2.53. The number of rotatable bonds is 5.